The Hall–Kier alpha value is -3.23. The van der Waals surface area contributed by atoms with Crippen LogP contribution in [-0.2, 0) is 9.63 Å². The number of amides is 1. The monoisotopic (exact) mass is 380 g/mol. The summed E-state index contributed by atoms with van der Waals surface area (Å²) in [5.74, 6) is 1.34. The van der Waals surface area contributed by atoms with Crippen LogP contribution in [0.25, 0.3) is 6.08 Å². The molecule has 0 saturated heterocycles. The van der Waals surface area contributed by atoms with Crippen LogP contribution in [-0.4, -0.2) is 45.5 Å². The number of nitrogens with one attached hydrogen (secondary N) is 1. The van der Waals surface area contributed by atoms with Crippen LogP contribution >= 0.6 is 0 Å². The van der Waals surface area contributed by atoms with E-state index >= 15 is 0 Å². The number of nitrogens with zero attached hydrogens (tertiary/aromatic N) is 1. The minimum Gasteiger partial charge on any atom is -0.493 e. The second kappa shape index (κ2) is 12.2. The molecule has 0 spiro atoms. The molecular weight excluding hydrogens is 356 g/mol. The van der Waals surface area contributed by atoms with Crippen LogP contribution in [0.1, 0.15) is 18.4 Å². The van der Waals surface area contributed by atoms with Gasteiger partial charge in [0.2, 0.25) is 11.7 Å². The Kier molecular flexibility index (Phi) is 9.84. The van der Waals surface area contributed by atoms with Crippen molar-refractivity contribution in [2.45, 2.75) is 12.8 Å². The fourth-order valence-electron chi connectivity index (χ4n) is 2.14. The van der Waals surface area contributed by atoms with E-state index in [-0.39, 0.29) is 12.5 Å². The van der Waals surface area contributed by atoms with Crippen LogP contribution in [0, 0.1) is 10.1 Å². The fraction of sp³-hybridized carbons (Fsp3) is 0.389. The fourth-order valence-corrected chi connectivity index (χ4v) is 2.14. The van der Waals surface area contributed by atoms with Crippen molar-refractivity contribution in [2.24, 2.45) is 0 Å². The molecule has 0 bridgehead atoms. The third-order valence-electron chi connectivity index (χ3n) is 3.40. The van der Waals surface area contributed by atoms with Gasteiger partial charge in [-0.2, -0.15) is 0 Å². The Morgan fingerprint density at radius 2 is 1.78 bits per heavy atom. The molecule has 1 N–H and O–H groups in total. The quantitative estimate of drug-likeness (QED) is 0.195. The van der Waals surface area contributed by atoms with Crippen molar-refractivity contribution < 1.29 is 28.9 Å². The third-order valence-corrected chi connectivity index (χ3v) is 3.40. The molecule has 1 aromatic rings. The summed E-state index contributed by atoms with van der Waals surface area (Å²) >= 11 is 0. The molecule has 1 rings (SSSR count). The van der Waals surface area contributed by atoms with Crippen LogP contribution in [0.15, 0.2) is 30.4 Å². The number of benzene rings is 1. The minimum absolute atomic E-state index is 0.0240. The lowest BCUT2D eigenvalue weighted by atomic mass is 10.1. The molecule has 9 nitrogen and oxygen atoms in total. The van der Waals surface area contributed by atoms with E-state index in [0.29, 0.717) is 36.6 Å². The number of carbonyl (C=O) groups excluding carboxylic acids is 1. The standard InChI is InChI=1S/C18H24N2O7/c1-24-15-12-14(13-16(25-2)18(15)26-3)8-4-5-9-17(21)19-10-6-7-11-27-20(22)23/h4-5,8-9,12-13H,6-7,10-11H2,1-3H3,(H,19,21). The molecule has 9 heteroatoms. The smallest absolute Gasteiger partial charge is 0.294 e. The van der Waals surface area contributed by atoms with E-state index < -0.39 is 5.09 Å². The first-order chi connectivity index (χ1) is 13.0. The summed E-state index contributed by atoms with van der Waals surface area (Å²) in [6.07, 6.45) is 7.59. The first-order valence-electron chi connectivity index (χ1n) is 8.21. The normalized spacial score (nSPS) is 10.8. The highest BCUT2D eigenvalue weighted by Gasteiger charge is 2.11. The summed E-state index contributed by atoms with van der Waals surface area (Å²) in [5.41, 5.74) is 0.820. The van der Waals surface area contributed by atoms with Crippen LogP contribution in [0.2, 0.25) is 0 Å². The van der Waals surface area contributed by atoms with Gasteiger partial charge in [-0.25, -0.2) is 0 Å². The number of rotatable bonds is 12. The molecule has 0 heterocycles. The Labute approximate surface area is 157 Å². The molecule has 0 radical (unpaired) electrons. The maximum Gasteiger partial charge on any atom is 0.294 e. The van der Waals surface area contributed by atoms with Crippen LogP contribution in [0.4, 0.5) is 0 Å². The minimum atomic E-state index is -0.832. The second-order valence-corrected chi connectivity index (χ2v) is 5.23. The van der Waals surface area contributed by atoms with Crippen molar-refractivity contribution in [2.75, 3.05) is 34.5 Å². The Morgan fingerprint density at radius 1 is 1.11 bits per heavy atom. The zero-order chi connectivity index (χ0) is 20.1. The SMILES string of the molecule is COc1cc(C=CC=CC(=O)NCCCCO[N+](=O)[O-])cc(OC)c1OC. The van der Waals surface area contributed by atoms with E-state index in [1.165, 1.54) is 13.2 Å². The predicted molar refractivity (Wildman–Crippen MR) is 99.5 cm³/mol. The van der Waals surface area contributed by atoms with Gasteiger partial charge in [0.05, 0.1) is 27.9 Å². The molecular formula is C18H24N2O7. The summed E-state index contributed by atoms with van der Waals surface area (Å²) in [5, 5.41) is 11.8. The Balaban J connectivity index is 2.49. The van der Waals surface area contributed by atoms with Gasteiger partial charge < -0.3 is 24.4 Å². The average molecular weight is 380 g/mol. The lowest BCUT2D eigenvalue weighted by Crippen LogP contribution is -2.22. The molecule has 0 aliphatic rings. The van der Waals surface area contributed by atoms with Gasteiger partial charge in [-0.05, 0) is 30.5 Å². The van der Waals surface area contributed by atoms with Gasteiger partial charge in [-0.3, -0.25) is 4.79 Å². The maximum absolute atomic E-state index is 11.7. The Morgan fingerprint density at radius 3 is 2.33 bits per heavy atom. The lowest BCUT2D eigenvalue weighted by Gasteiger charge is -2.12. The second-order valence-electron chi connectivity index (χ2n) is 5.23. The number of methoxy groups -OCH3 is 3. The zero-order valence-corrected chi connectivity index (χ0v) is 15.6. The predicted octanol–water partition coefficient (Wildman–Crippen LogP) is 2.39. The third kappa shape index (κ3) is 8.13. The molecule has 0 atom stereocenters. The summed E-state index contributed by atoms with van der Waals surface area (Å²) in [4.78, 5) is 25.8. The van der Waals surface area contributed by atoms with Crippen molar-refractivity contribution in [3.63, 3.8) is 0 Å². The number of hydrogen-bond donors (Lipinski definition) is 1. The molecule has 27 heavy (non-hydrogen) atoms. The summed E-state index contributed by atoms with van der Waals surface area (Å²) in [7, 11) is 4.61. The van der Waals surface area contributed by atoms with Crippen molar-refractivity contribution in [1.82, 2.24) is 5.32 Å². The van der Waals surface area contributed by atoms with Gasteiger partial charge in [-0.1, -0.05) is 18.2 Å². The number of allylic oxidation sites excluding steroid dienone is 2. The molecule has 0 fully saturated rings. The van der Waals surface area contributed by atoms with Gasteiger partial charge >= 0.3 is 0 Å². The van der Waals surface area contributed by atoms with Gasteiger partial charge in [0.1, 0.15) is 0 Å². The van der Waals surface area contributed by atoms with Gasteiger partial charge in [0.25, 0.3) is 5.09 Å². The molecule has 1 amide bonds. The zero-order valence-electron chi connectivity index (χ0n) is 15.6. The van der Waals surface area contributed by atoms with E-state index in [1.54, 1.807) is 44.6 Å². The van der Waals surface area contributed by atoms with Crippen molar-refractivity contribution in [1.29, 1.82) is 0 Å². The van der Waals surface area contributed by atoms with Crippen LogP contribution in [0.5, 0.6) is 17.2 Å². The lowest BCUT2D eigenvalue weighted by molar-refractivity contribution is -0.757. The highest BCUT2D eigenvalue weighted by Crippen LogP contribution is 2.38. The van der Waals surface area contributed by atoms with Crippen LogP contribution < -0.4 is 19.5 Å². The van der Waals surface area contributed by atoms with Gasteiger partial charge in [0.15, 0.2) is 11.5 Å². The van der Waals surface area contributed by atoms with Crippen molar-refractivity contribution >= 4 is 12.0 Å². The van der Waals surface area contributed by atoms with E-state index in [0.717, 1.165) is 5.56 Å². The highest BCUT2D eigenvalue weighted by molar-refractivity contribution is 5.87. The largest absolute Gasteiger partial charge is 0.493 e. The first kappa shape index (κ1) is 21.8. The number of carbonyl (C=O) groups is 1. The van der Waals surface area contributed by atoms with E-state index in [1.807, 2.05) is 0 Å². The van der Waals surface area contributed by atoms with E-state index in [2.05, 4.69) is 10.2 Å². The number of unbranched alkanes of at least 4 members (excludes halogenated alkanes) is 1. The van der Waals surface area contributed by atoms with Crippen molar-refractivity contribution in [3.05, 3.63) is 46.0 Å². The number of hydrogen-bond acceptors (Lipinski definition) is 7. The summed E-state index contributed by atoms with van der Waals surface area (Å²) in [6.45, 7) is 0.442. The van der Waals surface area contributed by atoms with Gasteiger partial charge in [0, 0.05) is 12.6 Å². The van der Waals surface area contributed by atoms with Gasteiger partial charge in [-0.15, -0.1) is 10.1 Å². The molecule has 0 aliphatic carbocycles. The summed E-state index contributed by atoms with van der Waals surface area (Å²) < 4.78 is 15.8. The van der Waals surface area contributed by atoms with E-state index in [9.17, 15) is 14.9 Å². The molecule has 0 aromatic heterocycles. The Bertz CT molecular complexity index is 661. The summed E-state index contributed by atoms with van der Waals surface area (Å²) in [6, 6.07) is 3.58. The topological polar surface area (TPSA) is 109 Å². The average Bonchev–Trinajstić information content (AvgIpc) is 2.66. The molecule has 148 valence electrons. The van der Waals surface area contributed by atoms with Crippen molar-refractivity contribution in [3.8, 4) is 17.2 Å². The van der Waals surface area contributed by atoms with Crippen LogP contribution in [0.3, 0.4) is 0 Å². The molecule has 0 saturated carbocycles. The number of ether oxygens (including phenoxy) is 3. The molecule has 1 aromatic carbocycles. The highest BCUT2D eigenvalue weighted by atomic mass is 16.9. The molecule has 0 aliphatic heterocycles. The van der Waals surface area contributed by atoms with E-state index in [4.69, 9.17) is 14.2 Å². The molecule has 0 unspecified atom stereocenters. The maximum atomic E-state index is 11.7. The first-order valence-corrected chi connectivity index (χ1v) is 8.21.